The van der Waals surface area contributed by atoms with Crippen LogP contribution in [0.2, 0.25) is 5.28 Å². The molecule has 9 heteroatoms. The fourth-order valence-electron chi connectivity index (χ4n) is 3.15. The van der Waals surface area contributed by atoms with Crippen molar-refractivity contribution < 1.29 is 9.72 Å². The van der Waals surface area contributed by atoms with Crippen LogP contribution in [0.1, 0.15) is 18.5 Å². The van der Waals surface area contributed by atoms with Crippen molar-refractivity contribution in [3.05, 3.63) is 21.1 Å². The Hall–Kier alpha value is -1.96. The van der Waals surface area contributed by atoms with E-state index in [4.69, 9.17) is 11.6 Å². The number of hydrogen-bond donors (Lipinski definition) is 1. The fourth-order valence-corrected chi connectivity index (χ4v) is 3.35. The van der Waals surface area contributed by atoms with E-state index in [1.807, 2.05) is 4.90 Å². The molecule has 21 heavy (non-hydrogen) atoms. The van der Waals surface area contributed by atoms with Gasteiger partial charge in [-0.05, 0) is 31.4 Å². The molecule has 1 N–H and O–H groups in total. The van der Waals surface area contributed by atoms with Gasteiger partial charge in [-0.1, -0.05) is 0 Å². The van der Waals surface area contributed by atoms with Gasteiger partial charge in [0.05, 0.1) is 16.9 Å². The average Bonchev–Trinajstić information content (AvgIpc) is 2.79. The maximum Gasteiger partial charge on any atom is 0.332 e. The van der Waals surface area contributed by atoms with E-state index in [9.17, 15) is 14.9 Å². The summed E-state index contributed by atoms with van der Waals surface area (Å²) in [5.41, 5.74) is 0.0915. The van der Waals surface area contributed by atoms with Crippen LogP contribution in [0.25, 0.3) is 0 Å². The molecule has 1 aromatic heterocycles. The van der Waals surface area contributed by atoms with E-state index in [-0.39, 0.29) is 40.3 Å². The van der Waals surface area contributed by atoms with Crippen molar-refractivity contribution >= 4 is 29.0 Å². The number of nitrogens with zero attached hydrogens (tertiary/aromatic N) is 4. The van der Waals surface area contributed by atoms with Gasteiger partial charge in [0.2, 0.25) is 17.0 Å². The van der Waals surface area contributed by atoms with Gasteiger partial charge in [0.1, 0.15) is 5.69 Å². The van der Waals surface area contributed by atoms with E-state index in [0.717, 1.165) is 12.8 Å². The lowest BCUT2D eigenvalue weighted by Gasteiger charge is -2.36. The second kappa shape index (κ2) is 5.10. The number of aromatic nitrogens is 2. The molecular weight excluding hydrogens is 298 g/mol. The molecule has 0 aromatic carbocycles. The predicted octanol–water partition coefficient (Wildman–Crippen LogP) is 1.06. The Balaban J connectivity index is 2.07. The number of piperidine rings is 1. The van der Waals surface area contributed by atoms with Crippen molar-refractivity contribution in [2.45, 2.75) is 25.8 Å². The summed E-state index contributed by atoms with van der Waals surface area (Å²) in [6.45, 7) is 2.62. The molecule has 2 aliphatic rings. The molecule has 0 aliphatic carbocycles. The minimum absolute atomic E-state index is 0.00391. The van der Waals surface area contributed by atoms with Gasteiger partial charge < -0.3 is 10.2 Å². The Labute approximate surface area is 125 Å². The first-order chi connectivity index (χ1) is 9.99. The summed E-state index contributed by atoms with van der Waals surface area (Å²) in [5.74, 6) is 0.0697. The molecule has 1 amide bonds. The van der Waals surface area contributed by atoms with Gasteiger partial charge in [0, 0.05) is 13.1 Å². The predicted molar refractivity (Wildman–Crippen MR) is 75.3 cm³/mol. The Morgan fingerprint density at radius 2 is 2.24 bits per heavy atom. The summed E-state index contributed by atoms with van der Waals surface area (Å²) in [6.07, 6.45) is 1.57. The lowest BCUT2D eigenvalue weighted by molar-refractivity contribution is -0.385. The van der Waals surface area contributed by atoms with Crippen LogP contribution in [0.4, 0.5) is 11.5 Å². The zero-order valence-electron chi connectivity index (χ0n) is 11.4. The molecule has 2 saturated heterocycles. The van der Waals surface area contributed by atoms with Crippen molar-refractivity contribution in [1.82, 2.24) is 15.3 Å². The van der Waals surface area contributed by atoms with Gasteiger partial charge in [0.25, 0.3) is 0 Å². The Morgan fingerprint density at radius 3 is 2.95 bits per heavy atom. The molecule has 2 aliphatic heterocycles. The van der Waals surface area contributed by atoms with Crippen molar-refractivity contribution in [3.8, 4) is 0 Å². The topological polar surface area (TPSA) is 101 Å². The van der Waals surface area contributed by atoms with Crippen molar-refractivity contribution in [3.63, 3.8) is 0 Å². The standard InChI is InChI=1S/C12H14ClN5O3/c1-6-9(18(20)21)10(16-12(13)15-6)17-4-2-3-7-8(17)5-14-11(7)19/h7-8H,2-5H2,1H3,(H,14,19). The molecule has 0 spiro atoms. The average molecular weight is 312 g/mol. The zero-order chi connectivity index (χ0) is 15.1. The van der Waals surface area contributed by atoms with Gasteiger partial charge in [-0.15, -0.1) is 0 Å². The number of aryl methyl sites for hydroxylation is 1. The molecule has 0 radical (unpaired) electrons. The van der Waals surface area contributed by atoms with Gasteiger partial charge in [0.15, 0.2) is 0 Å². The van der Waals surface area contributed by atoms with Crippen LogP contribution in [0.3, 0.4) is 0 Å². The summed E-state index contributed by atoms with van der Waals surface area (Å²) in [6, 6.07) is -0.115. The SMILES string of the molecule is Cc1nc(Cl)nc(N2CCCC3C(=O)NCC32)c1[N+](=O)[O-]. The number of nitro groups is 1. The van der Waals surface area contributed by atoms with E-state index >= 15 is 0 Å². The minimum Gasteiger partial charge on any atom is -0.354 e. The highest BCUT2D eigenvalue weighted by Gasteiger charge is 2.43. The van der Waals surface area contributed by atoms with Gasteiger partial charge in [-0.25, -0.2) is 4.98 Å². The van der Waals surface area contributed by atoms with Crippen LogP contribution in [-0.2, 0) is 4.79 Å². The molecule has 2 fully saturated rings. The first-order valence-electron chi connectivity index (χ1n) is 6.72. The molecule has 1 aromatic rings. The molecule has 112 valence electrons. The van der Waals surface area contributed by atoms with Crippen LogP contribution in [0, 0.1) is 23.0 Å². The second-order valence-corrected chi connectivity index (χ2v) is 5.60. The van der Waals surface area contributed by atoms with Crippen LogP contribution in [0.5, 0.6) is 0 Å². The summed E-state index contributed by atoms with van der Waals surface area (Å²) in [7, 11) is 0. The first-order valence-corrected chi connectivity index (χ1v) is 7.09. The lowest BCUT2D eigenvalue weighted by Crippen LogP contribution is -2.46. The van der Waals surface area contributed by atoms with Crippen molar-refractivity contribution in [1.29, 1.82) is 0 Å². The van der Waals surface area contributed by atoms with Crippen LogP contribution in [-0.4, -0.2) is 39.9 Å². The Kier molecular flexibility index (Phi) is 3.40. The smallest absolute Gasteiger partial charge is 0.332 e. The molecule has 2 atom stereocenters. The van der Waals surface area contributed by atoms with E-state index in [0.29, 0.717) is 13.1 Å². The van der Waals surface area contributed by atoms with E-state index in [2.05, 4.69) is 15.3 Å². The third kappa shape index (κ3) is 2.29. The Bertz CT molecular complexity index is 623. The minimum atomic E-state index is -0.491. The number of carbonyl (C=O) groups excluding carboxylic acids is 1. The number of carbonyl (C=O) groups is 1. The third-order valence-electron chi connectivity index (χ3n) is 4.07. The number of fused-ring (bicyclic) bond motifs is 1. The van der Waals surface area contributed by atoms with Gasteiger partial charge >= 0.3 is 5.69 Å². The highest BCUT2D eigenvalue weighted by molar-refractivity contribution is 6.28. The molecule has 3 heterocycles. The van der Waals surface area contributed by atoms with E-state index in [1.54, 1.807) is 0 Å². The van der Waals surface area contributed by atoms with Crippen molar-refractivity contribution in [2.75, 3.05) is 18.0 Å². The van der Waals surface area contributed by atoms with Crippen LogP contribution in [0.15, 0.2) is 0 Å². The normalized spacial score (nSPS) is 24.7. The van der Waals surface area contributed by atoms with E-state index in [1.165, 1.54) is 6.92 Å². The highest BCUT2D eigenvalue weighted by Crippen LogP contribution is 2.36. The molecular formula is C12H14ClN5O3. The monoisotopic (exact) mass is 311 g/mol. The summed E-state index contributed by atoms with van der Waals surface area (Å²) in [5, 5.41) is 14.1. The Morgan fingerprint density at radius 1 is 1.48 bits per heavy atom. The summed E-state index contributed by atoms with van der Waals surface area (Å²) in [4.78, 5) is 32.4. The van der Waals surface area contributed by atoms with E-state index < -0.39 is 4.92 Å². The molecule has 0 saturated carbocycles. The molecule has 0 bridgehead atoms. The number of amides is 1. The van der Waals surface area contributed by atoms with Crippen LogP contribution < -0.4 is 10.2 Å². The van der Waals surface area contributed by atoms with Crippen LogP contribution >= 0.6 is 11.6 Å². The van der Waals surface area contributed by atoms with Crippen molar-refractivity contribution in [2.24, 2.45) is 5.92 Å². The van der Waals surface area contributed by atoms with Gasteiger partial charge in [-0.2, -0.15) is 4.98 Å². The molecule has 2 unspecified atom stereocenters. The quantitative estimate of drug-likeness (QED) is 0.498. The third-order valence-corrected chi connectivity index (χ3v) is 4.24. The maximum atomic E-state index is 11.8. The number of hydrogen-bond acceptors (Lipinski definition) is 6. The number of anilines is 1. The second-order valence-electron chi connectivity index (χ2n) is 5.26. The zero-order valence-corrected chi connectivity index (χ0v) is 12.1. The summed E-state index contributed by atoms with van der Waals surface area (Å²) >= 11 is 5.86. The highest BCUT2D eigenvalue weighted by atomic mass is 35.5. The number of halogens is 1. The maximum absolute atomic E-state index is 11.8. The summed E-state index contributed by atoms with van der Waals surface area (Å²) < 4.78 is 0. The molecule has 3 rings (SSSR count). The first kappa shape index (κ1) is 14.0. The molecule has 8 nitrogen and oxygen atoms in total. The number of rotatable bonds is 2. The van der Waals surface area contributed by atoms with Gasteiger partial charge in [-0.3, -0.25) is 14.9 Å². The number of nitrogens with one attached hydrogen (secondary N) is 1. The largest absolute Gasteiger partial charge is 0.354 e. The lowest BCUT2D eigenvalue weighted by atomic mass is 9.91. The fraction of sp³-hybridized carbons (Fsp3) is 0.583.